The van der Waals surface area contributed by atoms with Crippen molar-refractivity contribution in [2.75, 3.05) is 13.2 Å². The molecule has 68 heavy (non-hydrogen) atoms. The molecule has 0 N–H and O–H groups in total. The number of carbonyl (C=O) groups excluding carboxylic acids is 3. The molecule has 0 aliphatic carbocycles. The summed E-state index contributed by atoms with van der Waals surface area (Å²) < 4.78 is 16.8. The molecule has 0 aliphatic rings. The molecule has 0 saturated heterocycles. The number of allylic oxidation sites excluding steroid dienone is 16. The standard InChI is InChI=1S/C62H104O6/c1-4-7-10-13-16-19-21-23-25-27-29-31-33-35-37-39-41-43-46-49-52-55-61(64)67-58-59(57-66-60(63)54-51-48-45-18-15-12-9-6-3)68-62(65)56-53-50-47-44-42-40-38-36-34-32-30-28-26-24-22-20-17-14-11-8-5-2/h7,10,16,19,22-25,28-31,35,37,41,43,59H,4-6,8-9,11-15,17-18,20-21,26-27,32-34,36,38-40,42,44-58H2,1-3H3/b10-7-,19-16-,24-22-,25-23-,30-28-,31-29-,37-35-,43-41-. The molecular formula is C62H104O6. The van der Waals surface area contributed by atoms with E-state index in [2.05, 4.69) is 118 Å². The fraction of sp³-hybridized carbons (Fsp3) is 0.694. The zero-order valence-electron chi connectivity index (χ0n) is 44.3. The average molecular weight is 946 g/mol. The van der Waals surface area contributed by atoms with E-state index in [1.54, 1.807) is 0 Å². The van der Waals surface area contributed by atoms with Gasteiger partial charge in [0.05, 0.1) is 0 Å². The predicted octanol–water partition coefficient (Wildman–Crippen LogP) is 18.9. The lowest BCUT2D eigenvalue weighted by Gasteiger charge is -2.18. The molecule has 0 aliphatic heterocycles. The van der Waals surface area contributed by atoms with Crippen LogP contribution >= 0.6 is 0 Å². The van der Waals surface area contributed by atoms with E-state index in [9.17, 15) is 14.4 Å². The summed E-state index contributed by atoms with van der Waals surface area (Å²) >= 11 is 0. The summed E-state index contributed by atoms with van der Waals surface area (Å²) in [5.41, 5.74) is 0. The van der Waals surface area contributed by atoms with E-state index in [4.69, 9.17) is 14.2 Å². The van der Waals surface area contributed by atoms with E-state index in [-0.39, 0.29) is 31.1 Å². The smallest absolute Gasteiger partial charge is 0.306 e. The number of esters is 3. The highest BCUT2D eigenvalue weighted by molar-refractivity contribution is 5.71. The van der Waals surface area contributed by atoms with Crippen molar-refractivity contribution in [1.29, 1.82) is 0 Å². The maximum Gasteiger partial charge on any atom is 0.306 e. The number of carbonyl (C=O) groups is 3. The summed E-state index contributed by atoms with van der Waals surface area (Å²) in [5.74, 6) is -0.945. The lowest BCUT2D eigenvalue weighted by Crippen LogP contribution is -2.30. The number of unbranched alkanes of at least 4 members (excludes halogenated alkanes) is 23. The third-order valence-electron chi connectivity index (χ3n) is 11.8. The van der Waals surface area contributed by atoms with Crippen LogP contribution in [0.5, 0.6) is 0 Å². The summed E-state index contributed by atoms with van der Waals surface area (Å²) in [6.07, 6.45) is 74.1. The number of hydrogen-bond donors (Lipinski definition) is 0. The Morgan fingerprint density at radius 3 is 0.926 bits per heavy atom. The molecule has 388 valence electrons. The molecule has 0 aromatic heterocycles. The molecular weight excluding hydrogens is 841 g/mol. The molecule has 1 atom stereocenters. The quantitative estimate of drug-likeness (QED) is 0.0262. The van der Waals surface area contributed by atoms with Gasteiger partial charge in [0.2, 0.25) is 0 Å². The highest BCUT2D eigenvalue weighted by atomic mass is 16.6. The molecule has 1 unspecified atom stereocenters. The predicted molar refractivity (Wildman–Crippen MR) is 293 cm³/mol. The van der Waals surface area contributed by atoms with Gasteiger partial charge in [0, 0.05) is 19.3 Å². The van der Waals surface area contributed by atoms with Crippen molar-refractivity contribution in [3.05, 3.63) is 97.2 Å². The highest BCUT2D eigenvalue weighted by Crippen LogP contribution is 2.14. The molecule has 0 spiro atoms. The van der Waals surface area contributed by atoms with Crippen LogP contribution in [-0.2, 0) is 28.6 Å². The first-order valence-corrected chi connectivity index (χ1v) is 28.2. The maximum absolute atomic E-state index is 12.8. The molecule has 0 bridgehead atoms. The molecule has 0 aromatic rings. The van der Waals surface area contributed by atoms with Gasteiger partial charge < -0.3 is 14.2 Å². The Kier molecular flexibility index (Phi) is 52.9. The first kappa shape index (κ1) is 64.3. The van der Waals surface area contributed by atoms with Crippen molar-refractivity contribution < 1.29 is 28.6 Å². The lowest BCUT2D eigenvalue weighted by atomic mass is 10.1. The van der Waals surface area contributed by atoms with Crippen LogP contribution < -0.4 is 0 Å². The molecule has 0 aromatic carbocycles. The Hall–Kier alpha value is -3.67. The minimum atomic E-state index is -0.796. The zero-order chi connectivity index (χ0) is 49.3. The van der Waals surface area contributed by atoms with Crippen LogP contribution in [0.15, 0.2) is 97.2 Å². The van der Waals surface area contributed by atoms with Gasteiger partial charge in [0.25, 0.3) is 0 Å². The minimum Gasteiger partial charge on any atom is -0.462 e. The molecule has 0 rings (SSSR count). The first-order valence-electron chi connectivity index (χ1n) is 28.2. The van der Waals surface area contributed by atoms with Gasteiger partial charge in [-0.25, -0.2) is 0 Å². The van der Waals surface area contributed by atoms with E-state index in [0.29, 0.717) is 19.3 Å². The number of hydrogen-bond acceptors (Lipinski definition) is 6. The van der Waals surface area contributed by atoms with Gasteiger partial charge in [-0.1, -0.05) is 234 Å². The monoisotopic (exact) mass is 945 g/mol. The van der Waals surface area contributed by atoms with Crippen molar-refractivity contribution in [2.24, 2.45) is 0 Å². The van der Waals surface area contributed by atoms with Crippen molar-refractivity contribution in [1.82, 2.24) is 0 Å². The second-order valence-electron chi connectivity index (χ2n) is 18.5. The van der Waals surface area contributed by atoms with Crippen LogP contribution in [0.4, 0.5) is 0 Å². The summed E-state index contributed by atoms with van der Waals surface area (Å²) in [4.78, 5) is 38.0. The van der Waals surface area contributed by atoms with Gasteiger partial charge in [-0.2, -0.15) is 0 Å². The Balaban J connectivity index is 4.35. The zero-order valence-corrected chi connectivity index (χ0v) is 44.3. The van der Waals surface area contributed by atoms with E-state index < -0.39 is 6.10 Å². The third-order valence-corrected chi connectivity index (χ3v) is 11.8. The SMILES string of the molecule is CC/C=C\C/C=C\C/C=C\C/C=C\C/C=C\C/C=C\CCCCC(=O)OCC(COC(=O)CCCCCCCCCC)OC(=O)CCCCCCCCCCC/C=C\C/C=C\CCCCCCC. The third kappa shape index (κ3) is 53.3. The average Bonchev–Trinajstić information content (AvgIpc) is 3.34. The number of ether oxygens (including phenoxy) is 3. The molecule has 0 fully saturated rings. The van der Waals surface area contributed by atoms with Crippen LogP contribution in [0.2, 0.25) is 0 Å². The summed E-state index contributed by atoms with van der Waals surface area (Å²) in [5, 5.41) is 0. The van der Waals surface area contributed by atoms with Gasteiger partial charge in [-0.05, 0) is 103 Å². The van der Waals surface area contributed by atoms with Crippen LogP contribution in [0.25, 0.3) is 0 Å². The summed E-state index contributed by atoms with van der Waals surface area (Å²) in [7, 11) is 0. The fourth-order valence-corrected chi connectivity index (χ4v) is 7.59. The van der Waals surface area contributed by atoms with E-state index in [0.717, 1.165) is 103 Å². The van der Waals surface area contributed by atoms with Crippen LogP contribution in [0, 0.1) is 0 Å². The second-order valence-corrected chi connectivity index (χ2v) is 18.5. The topological polar surface area (TPSA) is 78.9 Å². The van der Waals surface area contributed by atoms with Crippen molar-refractivity contribution in [2.45, 2.75) is 264 Å². The Labute approximate surface area is 419 Å². The Morgan fingerprint density at radius 1 is 0.309 bits per heavy atom. The van der Waals surface area contributed by atoms with E-state index >= 15 is 0 Å². The molecule has 0 radical (unpaired) electrons. The maximum atomic E-state index is 12.8. The molecule has 0 saturated carbocycles. The Bertz CT molecular complexity index is 1360. The van der Waals surface area contributed by atoms with Gasteiger partial charge in [0.15, 0.2) is 6.10 Å². The van der Waals surface area contributed by atoms with Gasteiger partial charge in [0.1, 0.15) is 13.2 Å². The van der Waals surface area contributed by atoms with E-state index in [1.165, 1.54) is 116 Å². The lowest BCUT2D eigenvalue weighted by molar-refractivity contribution is -0.167. The highest BCUT2D eigenvalue weighted by Gasteiger charge is 2.19. The molecule has 0 amide bonds. The minimum absolute atomic E-state index is 0.0928. The first-order chi connectivity index (χ1) is 33.5. The van der Waals surface area contributed by atoms with Crippen molar-refractivity contribution in [3.63, 3.8) is 0 Å². The largest absolute Gasteiger partial charge is 0.462 e. The summed E-state index contributed by atoms with van der Waals surface area (Å²) in [6, 6.07) is 0. The van der Waals surface area contributed by atoms with Crippen LogP contribution in [0.1, 0.15) is 258 Å². The Morgan fingerprint density at radius 2 is 0.574 bits per heavy atom. The van der Waals surface area contributed by atoms with Crippen LogP contribution in [-0.4, -0.2) is 37.2 Å². The van der Waals surface area contributed by atoms with Gasteiger partial charge in [-0.15, -0.1) is 0 Å². The molecule has 6 heteroatoms. The normalized spacial score (nSPS) is 12.8. The van der Waals surface area contributed by atoms with Crippen molar-refractivity contribution >= 4 is 17.9 Å². The molecule has 0 heterocycles. The van der Waals surface area contributed by atoms with Gasteiger partial charge in [-0.3, -0.25) is 14.4 Å². The van der Waals surface area contributed by atoms with Crippen molar-refractivity contribution in [3.8, 4) is 0 Å². The van der Waals surface area contributed by atoms with E-state index in [1.807, 2.05) is 0 Å². The summed E-state index contributed by atoms with van der Waals surface area (Å²) in [6.45, 7) is 6.45. The fourth-order valence-electron chi connectivity index (χ4n) is 7.59. The van der Waals surface area contributed by atoms with Crippen LogP contribution in [0.3, 0.4) is 0 Å². The van der Waals surface area contributed by atoms with Gasteiger partial charge >= 0.3 is 17.9 Å². The second kappa shape index (κ2) is 55.9. The number of rotatable bonds is 50. The molecule has 6 nitrogen and oxygen atoms in total.